The summed E-state index contributed by atoms with van der Waals surface area (Å²) in [4.78, 5) is 4.44. The molecule has 0 fully saturated rings. The Balaban J connectivity index is 2.24. The number of hydrogen-bond donors (Lipinski definition) is 1. The lowest BCUT2D eigenvalue weighted by atomic mass is 10.0. The first-order valence-corrected chi connectivity index (χ1v) is 7.55. The molecule has 20 heavy (non-hydrogen) atoms. The molecular formula is C16H18Cl2N2. The van der Waals surface area contributed by atoms with Crippen molar-refractivity contribution in [3.63, 3.8) is 0 Å². The number of benzene rings is 1. The van der Waals surface area contributed by atoms with Gasteiger partial charge in [0, 0.05) is 16.2 Å². The Morgan fingerprint density at radius 2 is 1.85 bits per heavy atom. The summed E-state index contributed by atoms with van der Waals surface area (Å²) in [6, 6.07) is 11.7. The maximum atomic E-state index is 6.26. The van der Waals surface area contributed by atoms with Crippen molar-refractivity contribution >= 4 is 23.2 Å². The van der Waals surface area contributed by atoms with Gasteiger partial charge in [0.05, 0.1) is 11.7 Å². The number of aromatic nitrogens is 1. The van der Waals surface area contributed by atoms with Crippen molar-refractivity contribution in [3.05, 3.63) is 63.9 Å². The summed E-state index contributed by atoms with van der Waals surface area (Å²) >= 11 is 12.5. The summed E-state index contributed by atoms with van der Waals surface area (Å²) < 4.78 is 0. The smallest absolute Gasteiger partial charge is 0.0576 e. The average Bonchev–Trinajstić information content (AvgIpc) is 2.47. The third-order valence-corrected chi connectivity index (χ3v) is 3.86. The van der Waals surface area contributed by atoms with Gasteiger partial charge in [-0.1, -0.05) is 42.3 Å². The molecule has 1 atom stereocenters. The first-order valence-electron chi connectivity index (χ1n) is 6.79. The third kappa shape index (κ3) is 3.95. The predicted octanol–water partition coefficient (Wildman–Crippen LogP) is 4.67. The van der Waals surface area contributed by atoms with E-state index in [9.17, 15) is 0 Å². The minimum atomic E-state index is 0.119. The van der Waals surface area contributed by atoms with E-state index in [1.165, 1.54) is 0 Å². The fourth-order valence-corrected chi connectivity index (χ4v) is 2.67. The van der Waals surface area contributed by atoms with Gasteiger partial charge >= 0.3 is 0 Å². The van der Waals surface area contributed by atoms with Crippen molar-refractivity contribution in [2.45, 2.75) is 25.8 Å². The summed E-state index contributed by atoms with van der Waals surface area (Å²) in [6.07, 6.45) is 3.61. The second-order valence-corrected chi connectivity index (χ2v) is 5.48. The van der Waals surface area contributed by atoms with Crippen LogP contribution in [0.2, 0.25) is 10.0 Å². The number of nitrogens with one attached hydrogen (secondary N) is 1. The first-order chi connectivity index (χ1) is 9.72. The van der Waals surface area contributed by atoms with Crippen LogP contribution in [-0.4, -0.2) is 11.5 Å². The fourth-order valence-electron chi connectivity index (χ4n) is 2.11. The highest BCUT2D eigenvalue weighted by atomic mass is 35.5. The van der Waals surface area contributed by atoms with E-state index in [1.807, 2.05) is 42.6 Å². The molecule has 0 radical (unpaired) electrons. The van der Waals surface area contributed by atoms with E-state index in [1.54, 1.807) is 0 Å². The van der Waals surface area contributed by atoms with Gasteiger partial charge in [-0.25, -0.2) is 0 Å². The Morgan fingerprint density at radius 1 is 1.10 bits per heavy atom. The number of halogens is 2. The number of nitrogens with zero attached hydrogens (tertiary/aromatic N) is 1. The van der Waals surface area contributed by atoms with Gasteiger partial charge in [0.15, 0.2) is 0 Å². The standard InChI is InChI=1S/C16H18Cl2N2/c1-2-9-19-16(15-8-3-4-10-20-15)11-12-13(17)6-5-7-14(12)18/h3-8,10,16,19H,2,9,11H2,1H3. The van der Waals surface area contributed by atoms with Crippen molar-refractivity contribution in [1.82, 2.24) is 10.3 Å². The lowest BCUT2D eigenvalue weighted by Crippen LogP contribution is -2.25. The molecule has 106 valence electrons. The van der Waals surface area contributed by atoms with Crippen LogP contribution < -0.4 is 5.32 Å². The molecule has 0 aliphatic rings. The molecule has 4 heteroatoms. The van der Waals surface area contributed by atoms with Crippen molar-refractivity contribution < 1.29 is 0 Å². The van der Waals surface area contributed by atoms with E-state index in [-0.39, 0.29) is 6.04 Å². The van der Waals surface area contributed by atoms with Crippen LogP contribution in [0.4, 0.5) is 0 Å². The van der Waals surface area contributed by atoms with E-state index in [0.717, 1.165) is 30.6 Å². The first kappa shape index (κ1) is 15.3. The van der Waals surface area contributed by atoms with Crippen LogP contribution in [0.5, 0.6) is 0 Å². The Morgan fingerprint density at radius 3 is 2.45 bits per heavy atom. The van der Waals surface area contributed by atoms with Gasteiger partial charge in [0.25, 0.3) is 0 Å². The highest BCUT2D eigenvalue weighted by molar-refractivity contribution is 6.36. The zero-order chi connectivity index (χ0) is 14.4. The highest BCUT2D eigenvalue weighted by Crippen LogP contribution is 2.28. The Bertz CT molecular complexity index is 523. The molecule has 0 saturated carbocycles. The molecule has 0 aliphatic heterocycles. The topological polar surface area (TPSA) is 24.9 Å². The van der Waals surface area contributed by atoms with Crippen LogP contribution >= 0.6 is 23.2 Å². The lowest BCUT2D eigenvalue weighted by Gasteiger charge is -2.19. The fraction of sp³-hybridized carbons (Fsp3) is 0.312. The predicted molar refractivity (Wildman–Crippen MR) is 85.4 cm³/mol. The number of hydrogen-bond acceptors (Lipinski definition) is 2. The van der Waals surface area contributed by atoms with Crippen molar-refractivity contribution in [2.75, 3.05) is 6.54 Å². The largest absolute Gasteiger partial charge is 0.308 e. The lowest BCUT2D eigenvalue weighted by molar-refractivity contribution is 0.518. The zero-order valence-electron chi connectivity index (χ0n) is 11.4. The third-order valence-electron chi connectivity index (χ3n) is 3.16. The van der Waals surface area contributed by atoms with Crippen LogP contribution in [0.15, 0.2) is 42.6 Å². The summed E-state index contributed by atoms with van der Waals surface area (Å²) in [5, 5.41) is 4.92. The number of pyridine rings is 1. The molecule has 2 nitrogen and oxygen atoms in total. The minimum absolute atomic E-state index is 0.119. The molecule has 0 aliphatic carbocycles. The molecule has 1 heterocycles. The molecule has 1 aromatic heterocycles. The highest BCUT2D eigenvalue weighted by Gasteiger charge is 2.16. The Kier molecular flexibility index (Phi) is 5.84. The molecular weight excluding hydrogens is 291 g/mol. The maximum absolute atomic E-state index is 6.26. The quantitative estimate of drug-likeness (QED) is 0.838. The zero-order valence-corrected chi connectivity index (χ0v) is 13.0. The monoisotopic (exact) mass is 308 g/mol. The summed E-state index contributed by atoms with van der Waals surface area (Å²) in [6.45, 7) is 3.08. The van der Waals surface area contributed by atoms with Crippen LogP contribution in [-0.2, 0) is 6.42 Å². The van der Waals surface area contributed by atoms with Crippen LogP contribution in [0.3, 0.4) is 0 Å². The second kappa shape index (κ2) is 7.63. The molecule has 2 aromatic rings. The van der Waals surface area contributed by atoms with Gasteiger partial charge in [-0.3, -0.25) is 4.98 Å². The van der Waals surface area contributed by atoms with Crippen LogP contribution in [0, 0.1) is 0 Å². The molecule has 2 rings (SSSR count). The van der Waals surface area contributed by atoms with Gasteiger partial charge in [-0.05, 0) is 49.2 Å². The van der Waals surface area contributed by atoms with Gasteiger partial charge in [-0.15, -0.1) is 0 Å². The van der Waals surface area contributed by atoms with E-state index in [2.05, 4.69) is 17.2 Å². The van der Waals surface area contributed by atoms with E-state index in [4.69, 9.17) is 23.2 Å². The Labute approximate surface area is 130 Å². The van der Waals surface area contributed by atoms with Crippen molar-refractivity contribution in [3.8, 4) is 0 Å². The number of rotatable bonds is 6. The summed E-state index contributed by atoms with van der Waals surface area (Å²) in [7, 11) is 0. The van der Waals surface area contributed by atoms with E-state index < -0.39 is 0 Å². The Hall–Kier alpha value is -1.09. The summed E-state index contributed by atoms with van der Waals surface area (Å²) in [5.41, 5.74) is 1.98. The molecule has 1 aromatic carbocycles. The van der Waals surface area contributed by atoms with Crippen molar-refractivity contribution in [1.29, 1.82) is 0 Å². The molecule has 0 bridgehead atoms. The van der Waals surface area contributed by atoms with Gasteiger partial charge in [-0.2, -0.15) is 0 Å². The van der Waals surface area contributed by atoms with Crippen LogP contribution in [0.25, 0.3) is 0 Å². The van der Waals surface area contributed by atoms with E-state index >= 15 is 0 Å². The minimum Gasteiger partial charge on any atom is -0.308 e. The normalized spacial score (nSPS) is 12.3. The molecule has 0 amide bonds. The van der Waals surface area contributed by atoms with E-state index in [0.29, 0.717) is 10.0 Å². The molecule has 0 spiro atoms. The van der Waals surface area contributed by atoms with Crippen LogP contribution in [0.1, 0.15) is 30.6 Å². The SMILES string of the molecule is CCCNC(Cc1c(Cl)cccc1Cl)c1ccccn1. The summed E-state index contributed by atoms with van der Waals surface area (Å²) in [5.74, 6) is 0. The molecule has 1 N–H and O–H groups in total. The molecule has 0 saturated heterocycles. The molecule has 1 unspecified atom stereocenters. The second-order valence-electron chi connectivity index (χ2n) is 4.67. The van der Waals surface area contributed by atoms with Crippen molar-refractivity contribution in [2.24, 2.45) is 0 Å². The van der Waals surface area contributed by atoms with Gasteiger partial charge in [0.1, 0.15) is 0 Å². The average molecular weight is 309 g/mol. The van der Waals surface area contributed by atoms with Gasteiger partial charge < -0.3 is 5.32 Å². The maximum Gasteiger partial charge on any atom is 0.0576 e. The van der Waals surface area contributed by atoms with Gasteiger partial charge in [0.2, 0.25) is 0 Å².